The smallest absolute Gasteiger partial charge is 0.346 e. The molecular formula is C7H10FN3O4. The van der Waals surface area contributed by atoms with Crippen molar-refractivity contribution in [3.63, 3.8) is 0 Å². The van der Waals surface area contributed by atoms with Crippen LogP contribution in [-0.2, 0) is 4.79 Å². The first-order chi connectivity index (χ1) is 6.84. The average Bonchev–Trinajstić information content (AvgIpc) is 2.13. The highest BCUT2D eigenvalue weighted by Gasteiger charge is 2.01. The zero-order chi connectivity index (χ0) is 12.0. The molecule has 0 bridgehead atoms. The van der Waals surface area contributed by atoms with E-state index in [9.17, 15) is 14.0 Å². The predicted molar refractivity (Wildman–Crippen MR) is 48.5 cm³/mol. The van der Waals surface area contributed by atoms with Crippen LogP contribution in [0.3, 0.4) is 0 Å². The second-order valence-corrected chi connectivity index (χ2v) is 2.46. The monoisotopic (exact) mass is 219 g/mol. The summed E-state index contributed by atoms with van der Waals surface area (Å²) in [6.07, 6.45) is -0.459. The standard InChI is InChI=1S/C4H4FN3O.C3H6O3/c5-2-1-7-4(9)8-3(2)6;1-2(4)3(5)6/h1H,(H3,6,7,8,9);2,4H,1H3,(H,5,6). The summed E-state index contributed by atoms with van der Waals surface area (Å²) in [6.45, 7) is 1.20. The summed E-state index contributed by atoms with van der Waals surface area (Å²) in [5.41, 5.74) is 4.31. The third-order valence-electron chi connectivity index (χ3n) is 1.15. The van der Waals surface area contributed by atoms with E-state index in [-0.39, 0.29) is 5.82 Å². The van der Waals surface area contributed by atoms with Gasteiger partial charge >= 0.3 is 11.7 Å². The summed E-state index contributed by atoms with van der Waals surface area (Å²) >= 11 is 0. The second-order valence-electron chi connectivity index (χ2n) is 2.46. The lowest BCUT2D eigenvalue weighted by Crippen LogP contribution is -2.13. The number of nitrogens with two attached hydrogens (primary N) is 1. The molecule has 7 nitrogen and oxygen atoms in total. The van der Waals surface area contributed by atoms with Gasteiger partial charge in [0.1, 0.15) is 11.9 Å². The van der Waals surface area contributed by atoms with Crippen molar-refractivity contribution in [2.24, 2.45) is 0 Å². The molecular weight excluding hydrogens is 209 g/mol. The maximum atomic E-state index is 12.1. The zero-order valence-corrected chi connectivity index (χ0v) is 7.77. The summed E-state index contributed by atoms with van der Waals surface area (Å²) in [5.74, 6) is -2.18. The Labute approximate surface area is 83.4 Å². The lowest BCUT2D eigenvalue weighted by molar-refractivity contribution is -0.145. The topological polar surface area (TPSA) is 129 Å². The van der Waals surface area contributed by atoms with Crippen LogP contribution in [0.1, 0.15) is 6.92 Å². The molecule has 0 aliphatic heterocycles. The number of carboxylic acids is 1. The molecule has 0 aliphatic carbocycles. The number of aromatic nitrogens is 2. The van der Waals surface area contributed by atoms with Gasteiger partial charge in [-0.15, -0.1) is 0 Å². The molecule has 1 heterocycles. The summed E-state index contributed by atoms with van der Waals surface area (Å²) < 4.78 is 12.1. The molecule has 15 heavy (non-hydrogen) atoms. The molecule has 8 heteroatoms. The van der Waals surface area contributed by atoms with E-state index in [0.29, 0.717) is 0 Å². The van der Waals surface area contributed by atoms with Gasteiger partial charge in [-0.05, 0) is 6.92 Å². The van der Waals surface area contributed by atoms with Gasteiger partial charge in [-0.3, -0.25) is 4.98 Å². The van der Waals surface area contributed by atoms with Crippen molar-refractivity contribution in [2.75, 3.05) is 5.73 Å². The molecule has 0 radical (unpaired) electrons. The molecule has 0 aromatic carbocycles. The van der Waals surface area contributed by atoms with Crippen LogP contribution >= 0.6 is 0 Å². The summed E-state index contributed by atoms with van der Waals surface area (Å²) in [5, 5.41) is 15.8. The largest absolute Gasteiger partial charge is 0.479 e. The Hall–Kier alpha value is -1.96. The van der Waals surface area contributed by atoms with E-state index < -0.39 is 23.6 Å². The lowest BCUT2D eigenvalue weighted by atomic mass is 10.4. The van der Waals surface area contributed by atoms with Crippen molar-refractivity contribution in [1.29, 1.82) is 0 Å². The maximum Gasteiger partial charge on any atom is 0.346 e. The van der Waals surface area contributed by atoms with Crippen molar-refractivity contribution < 1.29 is 19.4 Å². The minimum Gasteiger partial charge on any atom is -0.479 e. The highest BCUT2D eigenvalue weighted by Crippen LogP contribution is 1.96. The van der Waals surface area contributed by atoms with Crippen molar-refractivity contribution >= 4 is 11.8 Å². The number of hydrogen-bond donors (Lipinski definition) is 4. The summed E-state index contributed by atoms with van der Waals surface area (Å²) in [4.78, 5) is 24.7. The molecule has 1 atom stereocenters. The molecule has 0 spiro atoms. The highest BCUT2D eigenvalue weighted by atomic mass is 19.1. The van der Waals surface area contributed by atoms with Crippen LogP contribution in [0.2, 0.25) is 0 Å². The number of nitrogens with one attached hydrogen (secondary N) is 1. The fraction of sp³-hybridized carbons (Fsp3) is 0.286. The van der Waals surface area contributed by atoms with E-state index in [1.165, 1.54) is 6.92 Å². The second kappa shape index (κ2) is 5.70. The van der Waals surface area contributed by atoms with Crippen LogP contribution in [-0.4, -0.2) is 32.3 Å². The normalized spacial score (nSPS) is 11.1. The maximum absolute atomic E-state index is 12.1. The van der Waals surface area contributed by atoms with Gasteiger partial charge < -0.3 is 15.9 Å². The van der Waals surface area contributed by atoms with Crippen molar-refractivity contribution in [3.8, 4) is 0 Å². The molecule has 0 aliphatic rings. The first-order valence-electron chi connectivity index (χ1n) is 3.75. The SMILES string of the molecule is CC(O)C(=O)O.Nc1[nH]c(=O)ncc1F. The van der Waals surface area contributed by atoms with Crippen LogP contribution in [0.25, 0.3) is 0 Å². The Kier molecular flexibility index (Phi) is 4.96. The molecule has 1 aromatic rings. The summed E-state index contributed by atoms with van der Waals surface area (Å²) in [6, 6.07) is 0. The van der Waals surface area contributed by atoms with Gasteiger partial charge in [-0.25, -0.2) is 14.0 Å². The van der Waals surface area contributed by atoms with Crippen molar-refractivity contribution in [3.05, 3.63) is 22.5 Å². The first-order valence-corrected chi connectivity index (χ1v) is 3.75. The molecule has 1 aromatic heterocycles. The van der Waals surface area contributed by atoms with E-state index in [1.807, 2.05) is 4.98 Å². The number of aliphatic carboxylic acids is 1. The molecule has 0 saturated heterocycles. The molecule has 0 saturated carbocycles. The fourth-order valence-electron chi connectivity index (χ4n) is 0.392. The molecule has 84 valence electrons. The quantitative estimate of drug-likeness (QED) is 0.476. The number of carboxylic acid groups (broad SMARTS) is 1. The number of anilines is 1. The zero-order valence-electron chi connectivity index (χ0n) is 7.77. The number of nitrogen functional groups attached to an aromatic ring is 1. The predicted octanol–water partition coefficient (Wildman–Crippen LogP) is -1.06. The number of halogens is 1. The van der Waals surface area contributed by atoms with Gasteiger partial charge in [0.25, 0.3) is 0 Å². The first kappa shape index (κ1) is 13.0. The molecule has 0 amide bonds. The van der Waals surface area contributed by atoms with E-state index >= 15 is 0 Å². The van der Waals surface area contributed by atoms with E-state index in [0.717, 1.165) is 6.20 Å². The number of aromatic amines is 1. The van der Waals surface area contributed by atoms with Crippen LogP contribution in [0.5, 0.6) is 0 Å². The third-order valence-corrected chi connectivity index (χ3v) is 1.15. The van der Waals surface area contributed by atoms with Gasteiger partial charge in [0.05, 0.1) is 6.20 Å². The highest BCUT2D eigenvalue weighted by molar-refractivity contribution is 5.71. The Morgan fingerprint density at radius 3 is 2.47 bits per heavy atom. The van der Waals surface area contributed by atoms with Crippen LogP contribution in [0.15, 0.2) is 11.0 Å². The number of hydrogen-bond acceptors (Lipinski definition) is 5. The van der Waals surface area contributed by atoms with Gasteiger partial charge in [-0.2, -0.15) is 4.98 Å². The lowest BCUT2D eigenvalue weighted by Gasteiger charge is -1.89. The average molecular weight is 219 g/mol. The van der Waals surface area contributed by atoms with Crippen molar-refractivity contribution in [1.82, 2.24) is 9.97 Å². The number of aliphatic hydroxyl groups excluding tert-OH is 1. The Bertz CT molecular complexity index is 390. The minimum atomic E-state index is -1.23. The van der Waals surface area contributed by atoms with Gasteiger partial charge in [0, 0.05) is 0 Å². The Balaban J connectivity index is 0.000000288. The van der Waals surface area contributed by atoms with Crippen molar-refractivity contribution in [2.45, 2.75) is 13.0 Å². The van der Waals surface area contributed by atoms with Crippen LogP contribution in [0.4, 0.5) is 10.2 Å². The van der Waals surface area contributed by atoms with E-state index in [1.54, 1.807) is 0 Å². The van der Waals surface area contributed by atoms with Crippen LogP contribution < -0.4 is 11.4 Å². The third kappa shape index (κ3) is 5.37. The number of H-pyrrole nitrogens is 1. The van der Waals surface area contributed by atoms with Gasteiger partial charge in [0.15, 0.2) is 5.82 Å². The fourth-order valence-corrected chi connectivity index (χ4v) is 0.392. The number of aliphatic hydroxyl groups is 1. The van der Waals surface area contributed by atoms with E-state index in [4.69, 9.17) is 15.9 Å². The molecule has 1 rings (SSSR count). The van der Waals surface area contributed by atoms with Gasteiger partial charge in [-0.1, -0.05) is 0 Å². The summed E-state index contributed by atoms with van der Waals surface area (Å²) in [7, 11) is 0. The number of rotatable bonds is 1. The number of nitrogens with zero attached hydrogens (tertiary/aromatic N) is 1. The Morgan fingerprint density at radius 2 is 2.20 bits per heavy atom. The molecule has 5 N–H and O–H groups in total. The molecule has 0 fully saturated rings. The van der Waals surface area contributed by atoms with Gasteiger partial charge in [0.2, 0.25) is 0 Å². The van der Waals surface area contributed by atoms with Crippen LogP contribution in [0, 0.1) is 5.82 Å². The number of carbonyl (C=O) groups is 1. The van der Waals surface area contributed by atoms with E-state index in [2.05, 4.69) is 4.98 Å². The molecule has 1 unspecified atom stereocenters. The Morgan fingerprint density at radius 1 is 1.73 bits per heavy atom. The minimum absolute atomic E-state index is 0.282.